The molecule has 1 rings (SSSR count). The van der Waals surface area contributed by atoms with Gasteiger partial charge in [-0.2, -0.15) is 0 Å². The third kappa shape index (κ3) is 2.44. The van der Waals surface area contributed by atoms with Crippen molar-refractivity contribution in [1.82, 2.24) is 4.90 Å². The molecule has 0 bridgehead atoms. The number of hydrogen-bond acceptors (Lipinski definition) is 2. The normalized spacial score (nSPS) is 16.4. The maximum absolute atomic E-state index is 11.4. The van der Waals surface area contributed by atoms with Crippen molar-refractivity contribution < 1.29 is 9.59 Å². The Balaban J connectivity index is 2.33. The molecule has 0 radical (unpaired) electrons. The topological polar surface area (TPSA) is 37.4 Å². The standard InChI is InChI=1S/C11H17NO2/c1-3-4-5-6-7-12-10(13)8-9(2)11(12)14/h8H,3-7H2,1-2H3. The van der Waals surface area contributed by atoms with Gasteiger partial charge in [0.05, 0.1) is 0 Å². The van der Waals surface area contributed by atoms with E-state index >= 15 is 0 Å². The molecule has 0 aromatic heterocycles. The van der Waals surface area contributed by atoms with Crippen LogP contribution in [0.3, 0.4) is 0 Å². The number of carbonyl (C=O) groups excluding carboxylic acids is 2. The van der Waals surface area contributed by atoms with Gasteiger partial charge in [0.15, 0.2) is 0 Å². The lowest BCUT2D eigenvalue weighted by atomic mass is 10.2. The van der Waals surface area contributed by atoms with E-state index in [9.17, 15) is 9.59 Å². The first-order valence-electron chi connectivity index (χ1n) is 5.21. The van der Waals surface area contributed by atoms with Crippen LogP contribution in [0.25, 0.3) is 0 Å². The molecule has 0 aromatic rings. The summed E-state index contributed by atoms with van der Waals surface area (Å²) in [7, 11) is 0. The van der Waals surface area contributed by atoms with Crippen LogP contribution < -0.4 is 0 Å². The second-order valence-corrected chi connectivity index (χ2v) is 3.68. The minimum absolute atomic E-state index is 0.119. The molecule has 0 unspecified atom stereocenters. The summed E-state index contributed by atoms with van der Waals surface area (Å²) in [5.41, 5.74) is 0.561. The van der Waals surface area contributed by atoms with Crippen LogP contribution in [0.4, 0.5) is 0 Å². The zero-order valence-electron chi connectivity index (χ0n) is 8.88. The molecule has 14 heavy (non-hydrogen) atoms. The van der Waals surface area contributed by atoms with Gasteiger partial charge < -0.3 is 0 Å². The zero-order chi connectivity index (χ0) is 10.6. The maximum Gasteiger partial charge on any atom is 0.256 e. The summed E-state index contributed by atoms with van der Waals surface area (Å²) in [4.78, 5) is 24.0. The van der Waals surface area contributed by atoms with Crippen molar-refractivity contribution >= 4 is 11.8 Å². The fraction of sp³-hybridized carbons (Fsp3) is 0.636. The Morgan fingerprint density at radius 3 is 2.43 bits per heavy atom. The molecule has 0 saturated heterocycles. The highest BCUT2D eigenvalue weighted by atomic mass is 16.2. The van der Waals surface area contributed by atoms with Gasteiger partial charge in [0, 0.05) is 18.2 Å². The average molecular weight is 195 g/mol. The third-order valence-electron chi connectivity index (χ3n) is 2.42. The molecule has 0 aliphatic carbocycles. The number of rotatable bonds is 5. The highest BCUT2D eigenvalue weighted by Crippen LogP contribution is 2.13. The second kappa shape index (κ2) is 4.94. The third-order valence-corrected chi connectivity index (χ3v) is 2.42. The van der Waals surface area contributed by atoms with Crippen LogP contribution in [0.2, 0.25) is 0 Å². The fourth-order valence-electron chi connectivity index (χ4n) is 1.55. The quantitative estimate of drug-likeness (QED) is 0.496. The second-order valence-electron chi connectivity index (χ2n) is 3.68. The van der Waals surface area contributed by atoms with Gasteiger partial charge >= 0.3 is 0 Å². The molecular weight excluding hydrogens is 178 g/mol. The molecule has 0 spiro atoms. The minimum atomic E-state index is -0.149. The molecular formula is C11H17NO2. The Bertz CT molecular complexity index is 268. The van der Waals surface area contributed by atoms with Gasteiger partial charge in [0.2, 0.25) is 0 Å². The molecule has 1 heterocycles. The van der Waals surface area contributed by atoms with Crippen LogP contribution in [0.1, 0.15) is 39.5 Å². The highest BCUT2D eigenvalue weighted by molar-refractivity contribution is 6.15. The smallest absolute Gasteiger partial charge is 0.256 e. The Kier molecular flexibility index (Phi) is 3.86. The van der Waals surface area contributed by atoms with Crippen LogP contribution in [-0.4, -0.2) is 23.3 Å². The van der Waals surface area contributed by atoms with E-state index in [0.29, 0.717) is 12.1 Å². The molecule has 0 N–H and O–H groups in total. The van der Waals surface area contributed by atoms with E-state index < -0.39 is 0 Å². The molecule has 0 saturated carbocycles. The van der Waals surface area contributed by atoms with Crippen molar-refractivity contribution in [1.29, 1.82) is 0 Å². The lowest BCUT2D eigenvalue weighted by molar-refractivity contribution is -0.137. The van der Waals surface area contributed by atoms with Crippen molar-refractivity contribution in [3.05, 3.63) is 11.6 Å². The van der Waals surface area contributed by atoms with Gasteiger partial charge in [-0.1, -0.05) is 26.2 Å². The summed E-state index contributed by atoms with van der Waals surface area (Å²) >= 11 is 0. The van der Waals surface area contributed by atoms with E-state index in [2.05, 4.69) is 6.92 Å². The number of amides is 2. The molecule has 3 heteroatoms. The van der Waals surface area contributed by atoms with Gasteiger partial charge in [0.1, 0.15) is 0 Å². The lowest BCUT2D eigenvalue weighted by Crippen LogP contribution is -2.31. The lowest BCUT2D eigenvalue weighted by Gasteiger charge is -2.13. The zero-order valence-corrected chi connectivity index (χ0v) is 8.88. The summed E-state index contributed by atoms with van der Waals surface area (Å²) in [5.74, 6) is -0.268. The number of hydrogen-bond donors (Lipinski definition) is 0. The number of unbranched alkanes of at least 4 members (excludes halogenated alkanes) is 3. The summed E-state index contributed by atoms with van der Waals surface area (Å²) in [5, 5.41) is 0. The van der Waals surface area contributed by atoms with Crippen LogP contribution in [0.15, 0.2) is 11.6 Å². The largest absolute Gasteiger partial charge is 0.275 e. The minimum Gasteiger partial charge on any atom is -0.275 e. The van der Waals surface area contributed by atoms with Crippen LogP contribution in [0, 0.1) is 0 Å². The van der Waals surface area contributed by atoms with Gasteiger partial charge in [-0.25, -0.2) is 0 Å². The van der Waals surface area contributed by atoms with Crippen LogP contribution in [0.5, 0.6) is 0 Å². The fourth-order valence-corrected chi connectivity index (χ4v) is 1.55. The van der Waals surface area contributed by atoms with Gasteiger partial charge in [0.25, 0.3) is 11.8 Å². The first kappa shape index (κ1) is 11.0. The van der Waals surface area contributed by atoms with E-state index in [-0.39, 0.29) is 11.8 Å². The Hall–Kier alpha value is -1.12. The average Bonchev–Trinajstić information content (AvgIpc) is 2.38. The molecule has 78 valence electrons. The Labute approximate surface area is 84.8 Å². The van der Waals surface area contributed by atoms with Crippen LogP contribution >= 0.6 is 0 Å². The molecule has 1 aliphatic rings. The Morgan fingerprint density at radius 2 is 1.93 bits per heavy atom. The molecule has 3 nitrogen and oxygen atoms in total. The predicted molar refractivity (Wildman–Crippen MR) is 54.6 cm³/mol. The van der Waals surface area contributed by atoms with E-state index in [4.69, 9.17) is 0 Å². The van der Waals surface area contributed by atoms with Crippen molar-refractivity contribution in [2.45, 2.75) is 39.5 Å². The number of imide groups is 1. The summed E-state index contributed by atoms with van der Waals surface area (Å²) in [6.07, 6.45) is 5.77. The van der Waals surface area contributed by atoms with Crippen molar-refractivity contribution in [2.24, 2.45) is 0 Å². The van der Waals surface area contributed by atoms with Crippen LogP contribution in [-0.2, 0) is 9.59 Å². The summed E-state index contributed by atoms with van der Waals surface area (Å²) in [6.45, 7) is 4.40. The molecule has 0 atom stereocenters. The van der Waals surface area contributed by atoms with E-state index in [0.717, 1.165) is 12.8 Å². The van der Waals surface area contributed by atoms with Gasteiger partial charge in [-0.15, -0.1) is 0 Å². The summed E-state index contributed by atoms with van der Waals surface area (Å²) in [6, 6.07) is 0. The number of nitrogens with zero attached hydrogens (tertiary/aromatic N) is 1. The Morgan fingerprint density at radius 1 is 1.21 bits per heavy atom. The predicted octanol–water partition coefficient (Wildman–Crippen LogP) is 1.88. The van der Waals surface area contributed by atoms with Crippen molar-refractivity contribution in [2.75, 3.05) is 6.54 Å². The number of carbonyl (C=O) groups is 2. The van der Waals surface area contributed by atoms with E-state index in [1.807, 2.05) is 0 Å². The molecule has 0 fully saturated rings. The van der Waals surface area contributed by atoms with Gasteiger partial charge in [-0.3, -0.25) is 14.5 Å². The molecule has 1 aliphatic heterocycles. The molecule has 0 aromatic carbocycles. The first-order valence-corrected chi connectivity index (χ1v) is 5.21. The highest BCUT2D eigenvalue weighted by Gasteiger charge is 2.27. The first-order chi connectivity index (χ1) is 6.66. The van der Waals surface area contributed by atoms with Crippen molar-refractivity contribution in [3.8, 4) is 0 Å². The van der Waals surface area contributed by atoms with Crippen molar-refractivity contribution in [3.63, 3.8) is 0 Å². The SMILES string of the molecule is CCCCCCN1C(=O)C=C(C)C1=O. The monoisotopic (exact) mass is 195 g/mol. The van der Waals surface area contributed by atoms with E-state index in [1.165, 1.54) is 23.8 Å². The summed E-state index contributed by atoms with van der Waals surface area (Å²) < 4.78 is 0. The maximum atomic E-state index is 11.4. The van der Waals surface area contributed by atoms with E-state index in [1.54, 1.807) is 6.92 Å². The van der Waals surface area contributed by atoms with Gasteiger partial charge in [-0.05, 0) is 13.3 Å². The molecule has 2 amide bonds.